The number of hydrogen-bond donors (Lipinski definition) is 1. The van der Waals surface area contributed by atoms with Gasteiger partial charge in [-0.3, -0.25) is 4.79 Å². The molecule has 0 fully saturated rings. The molecule has 0 bridgehead atoms. The Morgan fingerprint density at radius 2 is 1.87 bits per heavy atom. The molecule has 3 heteroatoms. The molecule has 1 N–H and O–H groups in total. The van der Waals surface area contributed by atoms with E-state index in [2.05, 4.69) is 41.9 Å². The Kier molecular flexibility index (Phi) is 3.95. The van der Waals surface area contributed by atoms with Crippen molar-refractivity contribution in [1.82, 2.24) is 9.88 Å². The van der Waals surface area contributed by atoms with Crippen LogP contribution in [0.2, 0.25) is 0 Å². The largest absolute Gasteiger partial charge is 0.348 e. The van der Waals surface area contributed by atoms with E-state index in [0.717, 1.165) is 16.5 Å². The number of amides is 1. The van der Waals surface area contributed by atoms with Gasteiger partial charge in [0.1, 0.15) is 0 Å². The first-order chi connectivity index (χ1) is 11.0. The third-order valence-electron chi connectivity index (χ3n) is 4.44. The van der Waals surface area contributed by atoms with Gasteiger partial charge >= 0.3 is 0 Å². The maximum atomic E-state index is 12.6. The predicted molar refractivity (Wildman–Crippen MR) is 94.7 cm³/mol. The molecule has 0 saturated heterocycles. The number of hydrogen-bond acceptors (Lipinski definition) is 1. The van der Waals surface area contributed by atoms with Gasteiger partial charge in [0.05, 0.1) is 6.04 Å². The molecule has 3 aromatic rings. The number of fused-ring (bicyclic) bond motifs is 1. The molecule has 23 heavy (non-hydrogen) atoms. The average Bonchev–Trinajstić information content (AvgIpc) is 2.81. The summed E-state index contributed by atoms with van der Waals surface area (Å²) in [5.74, 6) is -0.0419. The number of nitrogens with zero attached hydrogens (tertiary/aromatic N) is 1. The second-order valence-corrected chi connectivity index (χ2v) is 6.23. The molecule has 1 aromatic heterocycles. The summed E-state index contributed by atoms with van der Waals surface area (Å²) in [4.78, 5) is 12.6. The number of benzene rings is 2. The molecule has 118 valence electrons. The number of carbonyl (C=O) groups is 1. The highest BCUT2D eigenvalue weighted by Gasteiger charge is 2.13. The van der Waals surface area contributed by atoms with Crippen LogP contribution in [0, 0.1) is 13.8 Å². The molecule has 3 nitrogen and oxygen atoms in total. The third-order valence-corrected chi connectivity index (χ3v) is 4.44. The Hall–Kier alpha value is -2.55. The van der Waals surface area contributed by atoms with Crippen molar-refractivity contribution in [3.8, 4) is 0 Å². The van der Waals surface area contributed by atoms with Gasteiger partial charge in [0.15, 0.2) is 0 Å². The van der Waals surface area contributed by atoms with Crippen LogP contribution in [0.25, 0.3) is 10.9 Å². The van der Waals surface area contributed by atoms with E-state index >= 15 is 0 Å². The van der Waals surface area contributed by atoms with Crippen molar-refractivity contribution in [2.24, 2.45) is 7.05 Å². The van der Waals surface area contributed by atoms with Crippen LogP contribution in [0.3, 0.4) is 0 Å². The maximum Gasteiger partial charge on any atom is 0.251 e. The number of carbonyl (C=O) groups excluding carboxylic acids is 1. The Morgan fingerprint density at radius 3 is 2.61 bits per heavy atom. The van der Waals surface area contributed by atoms with Crippen LogP contribution in [-0.2, 0) is 7.05 Å². The van der Waals surface area contributed by atoms with E-state index in [-0.39, 0.29) is 11.9 Å². The average molecular weight is 306 g/mol. The van der Waals surface area contributed by atoms with E-state index in [4.69, 9.17) is 0 Å². The summed E-state index contributed by atoms with van der Waals surface area (Å²) in [5.41, 5.74) is 5.28. The molecule has 0 radical (unpaired) electrons. The number of nitrogens with one attached hydrogen (secondary N) is 1. The first-order valence-electron chi connectivity index (χ1n) is 7.89. The second kappa shape index (κ2) is 5.92. The lowest BCUT2D eigenvalue weighted by Crippen LogP contribution is -2.26. The van der Waals surface area contributed by atoms with Crippen molar-refractivity contribution in [2.45, 2.75) is 26.8 Å². The molecule has 2 aromatic carbocycles. The van der Waals surface area contributed by atoms with E-state index in [1.807, 2.05) is 44.3 Å². The van der Waals surface area contributed by atoms with E-state index in [9.17, 15) is 4.79 Å². The lowest BCUT2D eigenvalue weighted by molar-refractivity contribution is 0.0940. The zero-order valence-electron chi connectivity index (χ0n) is 14.1. The molecule has 1 atom stereocenters. The standard InChI is InChI=1S/C20H22N2O/c1-13-6-5-7-16(10-13)15(3)21-20(23)18-9-8-17-11-14(2)22(4)19(17)12-18/h5-12,15H,1-4H3,(H,21,23)/t15-/m0/s1. The van der Waals surface area contributed by atoms with Crippen molar-refractivity contribution in [1.29, 1.82) is 0 Å². The van der Waals surface area contributed by atoms with Crippen LogP contribution < -0.4 is 5.32 Å². The van der Waals surface area contributed by atoms with Gasteiger partial charge in [-0.1, -0.05) is 35.9 Å². The Labute approximate surface area is 136 Å². The Morgan fingerprint density at radius 1 is 1.09 bits per heavy atom. The highest BCUT2D eigenvalue weighted by atomic mass is 16.1. The highest BCUT2D eigenvalue weighted by molar-refractivity contribution is 5.98. The van der Waals surface area contributed by atoms with E-state index in [1.54, 1.807) is 0 Å². The van der Waals surface area contributed by atoms with Crippen LogP contribution in [0.15, 0.2) is 48.5 Å². The van der Waals surface area contributed by atoms with Gasteiger partial charge < -0.3 is 9.88 Å². The monoisotopic (exact) mass is 306 g/mol. The van der Waals surface area contributed by atoms with Crippen LogP contribution >= 0.6 is 0 Å². The summed E-state index contributed by atoms with van der Waals surface area (Å²) in [5, 5.41) is 4.24. The number of rotatable bonds is 3. The van der Waals surface area contributed by atoms with Crippen molar-refractivity contribution in [3.05, 3.63) is 70.9 Å². The summed E-state index contributed by atoms with van der Waals surface area (Å²) in [6.45, 7) is 6.14. The number of aromatic nitrogens is 1. The summed E-state index contributed by atoms with van der Waals surface area (Å²) in [6.07, 6.45) is 0. The van der Waals surface area contributed by atoms with Crippen LogP contribution in [0.1, 0.15) is 40.1 Å². The van der Waals surface area contributed by atoms with Crippen molar-refractivity contribution < 1.29 is 4.79 Å². The zero-order chi connectivity index (χ0) is 16.6. The van der Waals surface area contributed by atoms with E-state index in [0.29, 0.717) is 5.56 Å². The molecule has 1 amide bonds. The quantitative estimate of drug-likeness (QED) is 0.769. The first kappa shape index (κ1) is 15.3. The van der Waals surface area contributed by atoms with Gasteiger partial charge in [-0.15, -0.1) is 0 Å². The summed E-state index contributed by atoms with van der Waals surface area (Å²) in [6, 6.07) is 16.2. The van der Waals surface area contributed by atoms with Gasteiger partial charge in [0.25, 0.3) is 5.91 Å². The summed E-state index contributed by atoms with van der Waals surface area (Å²) < 4.78 is 2.11. The predicted octanol–water partition coefficient (Wildman–Crippen LogP) is 4.29. The molecule has 0 aliphatic carbocycles. The lowest BCUT2D eigenvalue weighted by atomic mass is 10.1. The third kappa shape index (κ3) is 3.00. The molecule has 0 saturated carbocycles. The Balaban J connectivity index is 1.84. The van der Waals surface area contributed by atoms with Crippen molar-refractivity contribution in [3.63, 3.8) is 0 Å². The molecular weight excluding hydrogens is 284 g/mol. The normalized spacial score (nSPS) is 12.3. The highest BCUT2D eigenvalue weighted by Crippen LogP contribution is 2.21. The minimum absolute atomic E-state index is 0.0201. The molecule has 0 unspecified atom stereocenters. The molecule has 0 spiro atoms. The smallest absolute Gasteiger partial charge is 0.251 e. The fourth-order valence-corrected chi connectivity index (χ4v) is 2.91. The maximum absolute atomic E-state index is 12.6. The van der Waals surface area contributed by atoms with Crippen LogP contribution in [-0.4, -0.2) is 10.5 Å². The van der Waals surface area contributed by atoms with Gasteiger partial charge in [0.2, 0.25) is 0 Å². The van der Waals surface area contributed by atoms with Crippen LogP contribution in [0.4, 0.5) is 0 Å². The molecule has 0 aliphatic rings. The number of aryl methyl sites for hydroxylation is 3. The second-order valence-electron chi connectivity index (χ2n) is 6.23. The fraction of sp³-hybridized carbons (Fsp3) is 0.250. The minimum Gasteiger partial charge on any atom is -0.348 e. The lowest BCUT2D eigenvalue weighted by Gasteiger charge is -2.15. The Bertz CT molecular complexity index is 876. The SMILES string of the molecule is Cc1cccc([C@H](C)NC(=O)c2ccc3cc(C)n(C)c3c2)c1. The van der Waals surface area contributed by atoms with E-state index < -0.39 is 0 Å². The van der Waals surface area contributed by atoms with Crippen molar-refractivity contribution >= 4 is 16.8 Å². The van der Waals surface area contributed by atoms with Crippen LogP contribution in [0.5, 0.6) is 0 Å². The summed E-state index contributed by atoms with van der Waals surface area (Å²) >= 11 is 0. The van der Waals surface area contributed by atoms with E-state index in [1.165, 1.54) is 11.3 Å². The topological polar surface area (TPSA) is 34.0 Å². The molecular formula is C20H22N2O. The molecule has 1 heterocycles. The zero-order valence-corrected chi connectivity index (χ0v) is 14.1. The first-order valence-corrected chi connectivity index (χ1v) is 7.89. The summed E-state index contributed by atoms with van der Waals surface area (Å²) in [7, 11) is 2.02. The van der Waals surface area contributed by atoms with Gasteiger partial charge in [-0.05, 0) is 49.9 Å². The van der Waals surface area contributed by atoms with Gasteiger partial charge in [-0.2, -0.15) is 0 Å². The van der Waals surface area contributed by atoms with Gasteiger partial charge in [-0.25, -0.2) is 0 Å². The fourth-order valence-electron chi connectivity index (χ4n) is 2.91. The van der Waals surface area contributed by atoms with Crippen molar-refractivity contribution in [2.75, 3.05) is 0 Å². The molecule has 0 aliphatic heterocycles. The molecule has 3 rings (SSSR count). The minimum atomic E-state index is -0.0419. The van der Waals surface area contributed by atoms with Gasteiger partial charge in [0, 0.05) is 23.8 Å².